The average molecular weight is 219 g/mol. The zero-order valence-electron chi connectivity index (χ0n) is 9.66. The minimum Gasteiger partial charge on any atom is -0.460 e. The molecule has 1 heterocycles. The zero-order chi connectivity index (χ0) is 11.6. The summed E-state index contributed by atoms with van der Waals surface area (Å²) >= 11 is 0. The van der Waals surface area contributed by atoms with E-state index in [1.807, 2.05) is 30.3 Å². The summed E-state index contributed by atoms with van der Waals surface area (Å²) in [5.41, 5.74) is 0.217. The summed E-state index contributed by atoms with van der Waals surface area (Å²) in [6, 6.07) is 9.95. The van der Waals surface area contributed by atoms with Crippen LogP contribution in [0.3, 0.4) is 0 Å². The Morgan fingerprint density at radius 2 is 2.06 bits per heavy atom. The minimum atomic E-state index is -0.688. The fraction of sp³-hybridized carbons (Fsp3) is 0.385. The lowest BCUT2D eigenvalue weighted by atomic mass is 10.1. The highest BCUT2D eigenvalue weighted by Gasteiger charge is 2.11. The van der Waals surface area contributed by atoms with E-state index >= 15 is 0 Å². The largest absolute Gasteiger partial charge is 0.460 e. The first kappa shape index (κ1) is 11.2. The van der Waals surface area contributed by atoms with Crippen molar-refractivity contribution in [3.63, 3.8) is 0 Å². The summed E-state index contributed by atoms with van der Waals surface area (Å²) < 4.78 is 5.64. The van der Waals surface area contributed by atoms with Gasteiger partial charge in [-0.15, -0.1) is 0 Å². The number of nitrogens with one attached hydrogen (secondary N) is 1. The summed E-state index contributed by atoms with van der Waals surface area (Å²) in [4.78, 5) is 0. The second kappa shape index (κ2) is 4.28. The quantitative estimate of drug-likeness (QED) is 0.829. The third kappa shape index (κ3) is 2.84. The van der Waals surface area contributed by atoms with Crippen molar-refractivity contribution in [2.24, 2.45) is 0 Å². The van der Waals surface area contributed by atoms with Crippen LogP contribution in [0.15, 0.2) is 34.7 Å². The van der Waals surface area contributed by atoms with Crippen molar-refractivity contribution in [3.05, 3.63) is 36.1 Å². The molecule has 1 aromatic heterocycles. The van der Waals surface area contributed by atoms with Crippen molar-refractivity contribution in [1.29, 1.82) is 0 Å². The van der Waals surface area contributed by atoms with Gasteiger partial charge in [0.25, 0.3) is 0 Å². The van der Waals surface area contributed by atoms with Gasteiger partial charge < -0.3 is 14.8 Å². The Hall–Kier alpha value is -1.32. The van der Waals surface area contributed by atoms with Crippen LogP contribution in [0.5, 0.6) is 0 Å². The van der Waals surface area contributed by atoms with Gasteiger partial charge >= 0.3 is 0 Å². The highest BCUT2D eigenvalue weighted by atomic mass is 16.3. The Morgan fingerprint density at radius 1 is 1.31 bits per heavy atom. The van der Waals surface area contributed by atoms with Gasteiger partial charge in [0, 0.05) is 11.9 Å². The minimum absolute atomic E-state index is 0.546. The third-order valence-corrected chi connectivity index (χ3v) is 2.33. The molecule has 86 valence electrons. The van der Waals surface area contributed by atoms with Crippen LogP contribution in [-0.4, -0.2) is 17.3 Å². The third-order valence-electron chi connectivity index (χ3n) is 2.33. The smallest absolute Gasteiger partial charge is 0.134 e. The molecule has 3 nitrogen and oxygen atoms in total. The second-order valence-electron chi connectivity index (χ2n) is 4.67. The molecule has 2 aromatic rings. The van der Waals surface area contributed by atoms with E-state index in [-0.39, 0.29) is 0 Å². The van der Waals surface area contributed by atoms with Crippen molar-refractivity contribution in [3.8, 4) is 0 Å². The topological polar surface area (TPSA) is 45.4 Å². The van der Waals surface area contributed by atoms with Gasteiger partial charge in [-0.3, -0.25) is 0 Å². The molecule has 3 heteroatoms. The van der Waals surface area contributed by atoms with Crippen LogP contribution >= 0.6 is 0 Å². The number of aliphatic hydroxyl groups is 1. The van der Waals surface area contributed by atoms with E-state index in [1.165, 1.54) is 0 Å². The predicted octanol–water partition coefficient (Wildman–Crippen LogP) is 2.29. The lowest BCUT2D eigenvalue weighted by Gasteiger charge is -2.16. The van der Waals surface area contributed by atoms with Crippen LogP contribution in [0.2, 0.25) is 0 Å². The van der Waals surface area contributed by atoms with E-state index in [1.54, 1.807) is 13.8 Å². The van der Waals surface area contributed by atoms with Gasteiger partial charge in [0.15, 0.2) is 0 Å². The maximum atomic E-state index is 9.54. The Morgan fingerprint density at radius 3 is 2.75 bits per heavy atom. The first-order chi connectivity index (χ1) is 7.54. The molecule has 0 aliphatic heterocycles. The number of para-hydroxylation sites is 1. The lowest BCUT2D eigenvalue weighted by molar-refractivity contribution is 0.0790. The van der Waals surface area contributed by atoms with E-state index in [2.05, 4.69) is 5.32 Å². The van der Waals surface area contributed by atoms with Crippen LogP contribution in [0.4, 0.5) is 0 Å². The standard InChI is InChI=1S/C13H17NO2/c1-13(2,15)9-14-8-11-7-10-5-3-4-6-12(10)16-11/h3-7,14-15H,8-9H2,1-2H3. The van der Waals surface area contributed by atoms with Gasteiger partial charge in [0.1, 0.15) is 11.3 Å². The summed E-state index contributed by atoms with van der Waals surface area (Å²) in [6.45, 7) is 4.74. The van der Waals surface area contributed by atoms with Gasteiger partial charge in [-0.25, -0.2) is 0 Å². The lowest BCUT2D eigenvalue weighted by Crippen LogP contribution is -2.34. The molecule has 0 radical (unpaired) electrons. The number of hydrogen-bond acceptors (Lipinski definition) is 3. The molecule has 0 saturated carbocycles. The van der Waals surface area contributed by atoms with Crippen LogP contribution < -0.4 is 5.32 Å². The maximum Gasteiger partial charge on any atom is 0.134 e. The van der Waals surface area contributed by atoms with Crippen LogP contribution in [0.1, 0.15) is 19.6 Å². The number of rotatable bonds is 4. The first-order valence-corrected chi connectivity index (χ1v) is 5.45. The molecule has 0 amide bonds. The highest BCUT2D eigenvalue weighted by molar-refractivity contribution is 5.77. The normalized spacial score (nSPS) is 12.2. The van der Waals surface area contributed by atoms with E-state index in [9.17, 15) is 5.11 Å². The van der Waals surface area contributed by atoms with Gasteiger partial charge in [0.2, 0.25) is 0 Å². The van der Waals surface area contributed by atoms with Gasteiger partial charge in [0.05, 0.1) is 12.1 Å². The van der Waals surface area contributed by atoms with Crippen LogP contribution in [0.25, 0.3) is 11.0 Å². The number of furan rings is 1. The number of fused-ring (bicyclic) bond motifs is 1. The molecule has 0 aliphatic rings. The molecule has 0 unspecified atom stereocenters. The molecule has 0 fully saturated rings. The fourth-order valence-corrected chi connectivity index (χ4v) is 1.62. The zero-order valence-corrected chi connectivity index (χ0v) is 9.66. The van der Waals surface area contributed by atoms with Gasteiger partial charge in [-0.1, -0.05) is 18.2 Å². The Balaban J connectivity index is 2.00. The SMILES string of the molecule is CC(C)(O)CNCc1cc2ccccc2o1. The molecular formula is C13H17NO2. The molecule has 0 atom stereocenters. The highest BCUT2D eigenvalue weighted by Crippen LogP contribution is 2.18. The molecule has 0 spiro atoms. The van der Waals surface area contributed by atoms with Crippen molar-refractivity contribution in [1.82, 2.24) is 5.32 Å². The molecule has 1 aromatic carbocycles. The Bertz CT molecular complexity index is 435. The van der Waals surface area contributed by atoms with Crippen molar-refractivity contribution in [2.75, 3.05) is 6.54 Å². The first-order valence-electron chi connectivity index (χ1n) is 5.45. The molecular weight excluding hydrogens is 202 g/mol. The van der Waals surface area contributed by atoms with Crippen LogP contribution in [-0.2, 0) is 6.54 Å². The molecule has 0 bridgehead atoms. The van der Waals surface area contributed by atoms with Crippen molar-refractivity contribution in [2.45, 2.75) is 26.0 Å². The molecule has 16 heavy (non-hydrogen) atoms. The summed E-state index contributed by atoms with van der Waals surface area (Å²) in [7, 11) is 0. The molecule has 0 aliphatic carbocycles. The van der Waals surface area contributed by atoms with Crippen LogP contribution in [0, 0.1) is 0 Å². The summed E-state index contributed by atoms with van der Waals surface area (Å²) in [6.07, 6.45) is 0. The maximum absolute atomic E-state index is 9.54. The van der Waals surface area contributed by atoms with E-state index in [0.29, 0.717) is 13.1 Å². The molecule has 0 saturated heterocycles. The second-order valence-corrected chi connectivity index (χ2v) is 4.67. The Labute approximate surface area is 95.1 Å². The number of benzene rings is 1. The van der Waals surface area contributed by atoms with Crippen molar-refractivity contribution < 1.29 is 9.52 Å². The summed E-state index contributed by atoms with van der Waals surface area (Å²) in [5.74, 6) is 0.894. The van der Waals surface area contributed by atoms with Crippen molar-refractivity contribution >= 4 is 11.0 Å². The fourth-order valence-electron chi connectivity index (χ4n) is 1.62. The van der Waals surface area contributed by atoms with Gasteiger partial charge in [-0.2, -0.15) is 0 Å². The monoisotopic (exact) mass is 219 g/mol. The van der Waals surface area contributed by atoms with E-state index < -0.39 is 5.60 Å². The van der Waals surface area contributed by atoms with E-state index in [0.717, 1.165) is 16.7 Å². The van der Waals surface area contributed by atoms with Gasteiger partial charge in [-0.05, 0) is 26.0 Å². The Kier molecular flexibility index (Phi) is 2.99. The van der Waals surface area contributed by atoms with E-state index in [4.69, 9.17) is 4.42 Å². The predicted molar refractivity (Wildman–Crippen MR) is 64.2 cm³/mol. The summed E-state index contributed by atoms with van der Waals surface area (Å²) in [5, 5.41) is 13.8. The average Bonchev–Trinajstić information content (AvgIpc) is 2.57. The molecule has 2 N–H and O–H groups in total. The number of hydrogen-bond donors (Lipinski definition) is 2. The molecule has 2 rings (SSSR count).